The summed E-state index contributed by atoms with van der Waals surface area (Å²) in [5, 5.41) is 11.8. The summed E-state index contributed by atoms with van der Waals surface area (Å²) in [4.78, 5) is 17.4. The molecule has 1 unspecified atom stereocenters. The van der Waals surface area contributed by atoms with Gasteiger partial charge in [0.1, 0.15) is 0 Å². The lowest BCUT2D eigenvalue weighted by atomic mass is 10.1. The Bertz CT molecular complexity index is 781. The van der Waals surface area contributed by atoms with Crippen LogP contribution in [0.5, 0.6) is 0 Å². The Labute approximate surface area is 191 Å². The summed E-state index contributed by atoms with van der Waals surface area (Å²) in [5.41, 5.74) is 1.79. The molecule has 0 radical (unpaired) electrons. The van der Waals surface area contributed by atoms with E-state index in [4.69, 9.17) is 0 Å². The van der Waals surface area contributed by atoms with Crippen molar-refractivity contribution in [2.45, 2.75) is 44.8 Å². The number of piperidine rings is 1. The number of benzene rings is 1. The van der Waals surface area contributed by atoms with E-state index in [9.17, 15) is 4.79 Å². The van der Waals surface area contributed by atoms with E-state index in [1.54, 1.807) is 0 Å². The van der Waals surface area contributed by atoms with Crippen LogP contribution in [0.1, 0.15) is 48.3 Å². The molecule has 3 heterocycles. The molecule has 4 rings (SSSR count). The number of nitrogens with zero attached hydrogens (tertiary/aromatic N) is 5. The highest BCUT2D eigenvalue weighted by Crippen LogP contribution is 2.19. The number of halogens is 2. The minimum absolute atomic E-state index is 0. The van der Waals surface area contributed by atoms with Gasteiger partial charge in [-0.05, 0) is 44.8 Å². The minimum atomic E-state index is 0. The van der Waals surface area contributed by atoms with Crippen molar-refractivity contribution in [2.75, 3.05) is 32.7 Å². The van der Waals surface area contributed by atoms with Gasteiger partial charge in [-0.15, -0.1) is 29.9 Å². The zero-order valence-electron chi connectivity index (χ0n) is 17.4. The molecule has 1 amide bonds. The molecule has 0 bridgehead atoms. The first-order valence-electron chi connectivity index (χ1n) is 10.4. The molecule has 166 valence electrons. The molecule has 2 aliphatic rings. The van der Waals surface area contributed by atoms with Gasteiger partial charge in [0.25, 0.3) is 5.91 Å². The Morgan fingerprint density at radius 2 is 1.80 bits per heavy atom. The molecule has 1 atom stereocenters. The third-order valence-corrected chi connectivity index (χ3v) is 6.03. The highest BCUT2D eigenvalue weighted by Gasteiger charge is 2.26. The molecule has 2 saturated heterocycles. The maximum atomic E-state index is 13.0. The highest BCUT2D eigenvalue weighted by molar-refractivity contribution is 5.92. The van der Waals surface area contributed by atoms with E-state index in [1.807, 2.05) is 21.8 Å². The topological polar surface area (TPSA) is 66.3 Å². The van der Waals surface area contributed by atoms with E-state index in [2.05, 4.69) is 51.7 Å². The van der Waals surface area contributed by atoms with Gasteiger partial charge in [-0.2, -0.15) is 0 Å². The van der Waals surface area contributed by atoms with E-state index in [-0.39, 0.29) is 30.7 Å². The van der Waals surface area contributed by atoms with Gasteiger partial charge in [0, 0.05) is 32.2 Å². The van der Waals surface area contributed by atoms with Crippen molar-refractivity contribution in [3.8, 4) is 0 Å². The lowest BCUT2D eigenvalue weighted by molar-refractivity contribution is 0.0755. The van der Waals surface area contributed by atoms with Crippen LogP contribution >= 0.6 is 24.8 Å². The molecule has 2 fully saturated rings. The maximum Gasteiger partial charge on any atom is 0.276 e. The fraction of sp³-hybridized carbons (Fsp3) is 0.571. The predicted molar refractivity (Wildman–Crippen MR) is 122 cm³/mol. The second-order valence-electron chi connectivity index (χ2n) is 7.95. The van der Waals surface area contributed by atoms with Gasteiger partial charge in [-0.25, -0.2) is 4.68 Å². The second-order valence-corrected chi connectivity index (χ2v) is 7.95. The van der Waals surface area contributed by atoms with Crippen LogP contribution in [-0.2, 0) is 6.54 Å². The molecule has 2 aromatic rings. The molecule has 2 aliphatic heterocycles. The van der Waals surface area contributed by atoms with Gasteiger partial charge in [0.15, 0.2) is 5.69 Å². The standard InChI is InChI=1S/C21H30N6O.2ClH/c1-17-9-12-25(13-14-26(17)15-18-5-3-2-4-6-18)21(28)20-16-27(24-23-20)19-7-10-22-11-8-19;;/h2-6,16-17,19,22H,7-15H2,1H3;2*1H. The molecule has 9 heteroatoms. The summed E-state index contributed by atoms with van der Waals surface area (Å²) < 4.78 is 1.89. The van der Waals surface area contributed by atoms with Crippen molar-refractivity contribution in [2.24, 2.45) is 0 Å². The molecule has 1 N–H and O–H groups in total. The fourth-order valence-electron chi connectivity index (χ4n) is 4.15. The first-order chi connectivity index (χ1) is 13.7. The molecule has 7 nitrogen and oxygen atoms in total. The first kappa shape index (κ1) is 24.6. The third-order valence-electron chi connectivity index (χ3n) is 6.03. The van der Waals surface area contributed by atoms with Crippen molar-refractivity contribution < 1.29 is 4.79 Å². The van der Waals surface area contributed by atoms with E-state index < -0.39 is 0 Å². The smallest absolute Gasteiger partial charge is 0.276 e. The number of aromatic nitrogens is 3. The molecule has 0 saturated carbocycles. The highest BCUT2D eigenvalue weighted by atomic mass is 35.5. The van der Waals surface area contributed by atoms with Gasteiger partial charge < -0.3 is 10.2 Å². The number of amides is 1. The van der Waals surface area contributed by atoms with E-state index in [0.29, 0.717) is 17.8 Å². The second kappa shape index (κ2) is 11.6. The Morgan fingerprint density at radius 1 is 1.07 bits per heavy atom. The summed E-state index contributed by atoms with van der Waals surface area (Å²) in [6, 6.07) is 11.3. The van der Waals surface area contributed by atoms with Crippen LogP contribution in [0.4, 0.5) is 0 Å². The summed E-state index contributed by atoms with van der Waals surface area (Å²) in [5.74, 6) is 0.00828. The number of hydrogen-bond acceptors (Lipinski definition) is 5. The average molecular weight is 455 g/mol. The zero-order valence-corrected chi connectivity index (χ0v) is 19.1. The fourth-order valence-corrected chi connectivity index (χ4v) is 4.15. The van der Waals surface area contributed by atoms with Gasteiger partial charge in [0.05, 0.1) is 12.2 Å². The zero-order chi connectivity index (χ0) is 19.3. The molecule has 1 aromatic heterocycles. The maximum absolute atomic E-state index is 13.0. The lowest BCUT2D eigenvalue weighted by Crippen LogP contribution is -2.36. The SMILES string of the molecule is CC1CCN(C(=O)c2cn(C3CCNCC3)nn2)CCN1Cc1ccccc1.Cl.Cl. The van der Waals surface area contributed by atoms with E-state index in [1.165, 1.54) is 5.56 Å². The van der Waals surface area contributed by atoms with Crippen LogP contribution in [0, 0.1) is 0 Å². The van der Waals surface area contributed by atoms with Crippen molar-refractivity contribution in [1.29, 1.82) is 0 Å². The average Bonchev–Trinajstić information content (AvgIpc) is 3.17. The third kappa shape index (κ3) is 5.94. The summed E-state index contributed by atoms with van der Waals surface area (Å²) in [6.45, 7) is 7.55. The van der Waals surface area contributed by atoms with E-state index in [0.717, 1.165) is 58.5 Å². The lowest BCUT2D eigenvalue weighted by Gasteiger charge is -2.26. The van der Waals surface area contributed by atoms with E-state index >= 15 is 0 Å². The van der Waals surface area contributed by atoms with Gasteiger partial charge in [0.2, 0.25) is 0 Å². The molecular weight excluding hydrogens is 423 g/mol. The first-order valence-corrected chi connectivity index (χ1v) is 10.4. The number of rotatable bonds is 4. The van der Waals surface area contributed by atoms with Gasteiger partial charge in [-0.1, -0.05) is 35.5 Å². The number of nitrogens with one attached hydrogen (secondary N) is 1. The predicted octanol–water partition coefficient (Wildman–Crippen LogP) is 2.78. The van der Waals surface area contributed by atoms with Gasteiger partial charge in [-0.3, -0.25) is 9.69 Å². The van der Waals surface area contributed by atoms with Crippen LogP contribution in [-0.4, -0.2) is 69.5 Å². The number of carbonyl (C=O) groups is 1. The van der Waals surface area contributed by atoms with Crippen LogP contribution in [0.15, 0.2) is 36.5 Å². The number of carbonyl (C=O) groups excluding carboxylic acids is 1. The van der Waals surface area contributed by atoms with Crippen LogP contribution in [0.25, 0.3) is 0 Å². The van der Waals surface area contributed by atoms with Gasteiger partial charge >= 0.3 is 0 Å². The Kier molecular flexibility index (Phi) is 9.55. The monoisotopic (exact) mass is 454 g/mol. The van der Waals surface area contributed by atoms with Crippen LogP contribution in [0.3, 0.4) is 0 Å². The molecule has 0 aliphatic carbocycles. The summed E-state index contributed by atoms with van der Waals surface area (Å²) in [7, 11) is 0. The number of hydrogen-bond donors (Lipinski definition) is 1. The Morgan fingerprint density at radius 3 is 2.53 bits per heavy atom. The van der Waals surface area contributed by atoms with Crippen molar-refractivity contribution in [1.82, 2.24) is 30.1 Å². The van der Waals surface area contributed by atoms with Crippen LogP contribution < -0.4 is 5.32 Å². The largest absolute Gasteiger partial charge is 0.336 e. The van der Waals surface area contributed by atoms with Crippen molar-refractivity contribution >= 4 is 30.7 Å². The Hall–Kier alpha value is -1.67. The summed E-state index contributed by atoms with van der Waals surface area (Å²) in [6.07, 6.45) is 4.88. The molecule has 0 spiro atoms. The minimum Gasteiger partial charge on any atom is -0.336 e. The molecule has 1 aromatic carbocycles. The van der Waals surface area contributed by atoms with Crippen molar-refractivity contribution in [3.05, 3.63) is 47.8 Å². The molecule has 30 heavy (non-hydrogen) atoms. The van der Waals surface area contributed by atoms with Crippen LogP contribution in [0.2, 0.25) is 0 Å². The quantitative estimate of drug-likeness (QED) is 0.768. The Balaban J connectivity index is 0.00000160. The summed E-state index contributed by atoms with van der Waals surface area (Å²) >= 11 is 0. The van der Waals surface area contributed by atoms with Crippen molar-refractivity contribution in [3.63, 3.8) is 0 Å². The molecular formula is C21H32Cl2N6O. The normalized spacial score (nSPS) is 20.7.